The molecular formula is C17H16N4O3. The maximum absolute atomic E-state index is 11.8. The fraction of sp³-hybridized carbons (Fsp3) is 0.0588. The second kappa shape index (κ2) is 8.23. The predicted molar refractivity (Wildman–Crippen MR) is 91.6 cm³/mol. The normalized spacial score (nSPS) is 10.2. The topological polar surface area (TPSA) is 99.7 Å². The van der Waals surface area contributed by atoms with Gasteiger partial charge in [0.15, 0.2) is 0 Å². The molecule has 3 N–H and O–H groups in total. The average molecular weight is 324 g/mol. The van der Waals surface area contributed by atoms with Crippen molar-refractivity contribution in [1.82, 2.24) is 5.43 Å². The van der Waals surface area contributed by atoms with E-state index in [0.29, 0.717) is 11.4 Å². The Kier molecular flexibility index (Phi) is 5.79. The Bertz CT molecular complexity index is 755. The van der Waals surface area contributed by atoms with Crippen LogP contribution in [0.5, 0.6) is 0 Å². The van der Waals surface area contributed by atoms with Gasteiger partial charge in [0.1, 0.15) is 0 Å². The summed E-state index contributed by atoms with van der Waals surface area (Å²) in [4.78, 5) is 34.3. The third kappa shape index (κ3) is 5.38. The van der Waals surface area contributed by atoms with Crippen LogP contribution < -0.4 is 16.1 Å². The molecule has 7 heteroatoms. The predicted octanol–water partition coefficient (Wildman–Crippen LogP) is 1.73. The molecule has 0 radical (unpaired) electrons. The van der Waals surface area contributed by atoms with E-state index in [1.807, 2.05) is 30.3 Å². The minimum absolute atomic E-state index is 0.192. The number of hydrazone groups is 1. The van der Waals surface area contributed by atoms with E-state index in [1.165, 1.54) is 13.1 Å². The summed E-state index contributed by atoms with van der Waals surface area (Å²) in [5, 5.41) is 8.75. The molecule has 0 bridgehead atoms. The third-order valence-corrected chi connectivity index (χ3v) is 2.85. The Morgan fingerprint density at radius 3 is 2.00 bits per heavy atom. The summed E-state index contributed by atoms with van der Waals surface area (Å²) >= 11 is 0. The van der Waals surface area contributed by atoms with Gasteiger partial charge in [0, 0.05) is 18.3 Å². The van der Waals surface area contributed by atoms with E-state index in [0.717, 1.165) is 5.56 Å². The van der Waals surface area contributed by atoms with Crippen LogP contribution in [0.1, 0.15) is 12.5 Å². The average Bonchev–Trinajstić information content (AvgIpc) is 2.57. The Morgan fingerprint density at radius 1 is 0.833 bits per heavy atom. The number of carbonyl (C=O) groups is 3. The Morgan fingerprint density at radius 2 is 1.42 bits per heavy atom. The molecule has 2 aromatic rings. The van der Waals surface area contributed by atoms with E-state index in [4.69, 9.17) is 0 Å². The minimum Gasteiger partial charge on any atom is -0.326 e. The van der Waals surface area contributed by atoms with Gasteiger partial charge in [-0.25, -0.2) is 5.43 Å². The van der Waals surface area contributed by atoms with E-state index in [-0.39, 0.29) is 5.91 Å². The standard InChI is InChI=1S/C17H16N4O3/c1-12(22)19-14-7-9-15(10-8-14)20-16(23)17(24)21-18-11-13-5-3-2-4-6-13/h2-11H,1H3,(H,19,22)(H,20,23)(H,21,24)/b18-11+. The molecule has 0 aromatic heterocycles. The van der Waals surface area contributed by atoms with Crippen molar-refractivity contribution >= 4 is 35.3 Å². The summed E-state index contributed by atoms with van der Waals surface area (Å²) in [6.07, 6.45) is 1.44. The van der Waals surface area contributed by atoms with E-state index >= 15 is 0 Å². The first-order valence-electron chi connectivity index (χ1n) is 7.11. The van der Waals surface area contributed by atoms with Crippen LogP contribution in [-0.4, -0.2) is 23.9 Å². The van der Waals surface area contributed by atoms with Gasteiger partial charge >= 0.3 is 11.8 Å². The van der Waals surface area contributed by atoms with Crippen molar-refractivity contribution in [3.63, 3.8) is 0 Å². The van der Waals surface area contributed by atoms with Crippen LogP contribution in [0.25, 0.3) is 0 Å². The summed E-state index contributed by atoms with van der Waals surface area (Å²) in [7, 11) is 0. The SMILES string of the molecule is CC(=O)Nc1ccc(NC(=O)C(=O)N/N=C/c2ccccc2)cc1. The van der Waals surface area contributed by atoms with Gasteiger partial charge in [0.25, 0.3) is 0 Å². The Balaban J connectivity index is 1.86. The molecule has 2 aromatic carbocycles. The van der Waals surface area contributed by atoms with Gasteiger partial charge in [-0.15, -0.1) is 0 Å². The van der Waals surface area contributed by atoms with E-state index in [2.05, 4.69) is 21.2 Å². The zero-order valence-electron chi connectivity index (χ0n) is 12.9. The number of hydrogen-bond acceptors (Lipinski definition) is 4. The van der Waals surface area contributed by atoms with Crippen LogP contribution >= 0.6 is 0 Å². The minimum atomic E-state index is -0.881. The van der Waals surface area contributed by atoms with Crippen molar-refractivity contribution in [2.75, 3.05) is 10.6 Å². The van der Waals surface area contributed by atoms with E-state index in [1.54, 1.807) is 24.3 Å². The monoisotopic (exact) mass is 324 g/mol. The Hall–Kier alpha value is -3.48. The van der Waals surface area contributed by atoms with Crippen molar-refractivity contribution in [2.45, 2.75) is 6.92 Å². The number of hydrogen-bond donors (Lipinski definition) is 3. The van der Waals surface area contributed by atoms with Gasteiger partial charge in [-0.05, 0) is 29.8 Å². The van der Waals surface area contributed by atoms with Gasteiger partial charge in [-0.2, -0.15) is 5.10 Å². The largest absolute Gasteiger partial charge is 0.329 e. The number of carbonyl (C=O) groups excluding carboxylic acids is 3. The van der Waals surface area contributed by atoms with Crippen LogP contribution in [0.2, 0.25) is 0 Å². The molecule has 7 nitrogen and oxygen atoms in total. The highest BCUT2D eigenvalue weighted by atomic mass is 16.2. The van der Waals surface area contributed by atoms with Crippen LogP contribution in [-0.2, 0) is 14.4 Å². The maximum Gasteiger partial charge on any atom is 0.329 e. The molecule has 0 aliphatic heterocycles. The van der Waals surface area contributed by atoms with Crippen molar-refractivity contribution in [1.29, 1.82) is 0 Å². The van der Waals surface area contributed by atoms with Gasteiger partial charge in [0.05, 0.1) is 6.21 Å². The summed E-state index contributed by atoms with van der Waals surface area (Å²) < 4.78 is 0. The summed E-state index contributed by atoms with van der Waals surface area (Å²) in [6, 6.07) is 15.5. The van der Waals surface area contributed by atoms with Gasteiger partial charge < -0.3 is 10.6 Å². The molecule has 24 heavy (non-hydrogen) atoms. The molecule has 3 amide bonds. The third-order valence-electron chi connectivity index (χ3n) is 2.85. The highest BCUT2D eigenvalue weighted by Crippen LogP contribution is 2.13. The quantitative estimate of drug-likeness (QED) is 0.454. The highest BCUT2D eigenvalue weighted by molar-refractivity contribution is 6.39. The number of nitrogens with one attached hydrogen (secondary N) is 3. The van der Waals surface area contributed by atoms with Crippen LogP contribution in [0.3, 0.4) is 0 Å². The second-order valence-electron chi connectivity index (χ2n) is 4.82. The van der Waals surface area contributed by atoms with E-state index in [9.17, 15) is 14.4 Å². The second-order valence-corrected chi connectivity index (χ2v) is 4.82. The summed E-state index contributed by atoms with van der Waals surface area (Å²) in [5.74, 6) is -1.91. The molecular weight excluding hydrogens is 308 g/mol. The first kappa shape index (κ1) is 16.9. The smallest absolute Gasteiger partial charge is 0.326 e. The fourth-order valence-electron chi connectivity index (χ4n) is 1.78. The lowest BCUT2D eigenvalue weighted by Crippen LogP contribution is -2.32. The number of amides is 3. The van der Waals surface area contributed by atoms with Crippen molar-refractivity contribution in [2.24, 2.45) is 5.10 Å². The molecule has 2 rings (SSSR count). The van der Waals surface area contributed by atoms with Crippen LogP contribution in [0, 0.1) is 0 Å². The first-order valence-corrected chi connectivity index (χ1v) is 7.11. The molecule has 0 aliphatic carbocycles. The zero-order valence-corrected chi connectivity index (χ0v) is 12.9. The molecule has 122 valence electrons. The maximum atomic E-state index is 11.8. The van der Waals surface area contributed by atoms with Gasteiger partial charge in [-0.3, -0.25) is 14.4 Å². The fourth-order valence-corrected chi connectivity index (χ4v) is 1.78. The van der Waals surface area contributed by atoms with Crippen molar-refractivity contribution in [3.8, 4) is 0 Å². The number of anilines is 2. The first-order chi connectivity index (χ1) is 11.5. The molecule has 0 atom stereocenters. The van der Waals surface area contributed by atoms with Crippen LogP contribution in [0.15, 0.2) is 59.7 Å². The zero-order chi connectivity index (χ0) is 17.4. The lowest BCUT2D eigenvalue weighted by atomic mass is 10.2. The molecule has 0 spiro atoms. The Labute approximate surface area is 138 Å². The molecule has 0 heterocycles. The van der Waals surface area contributed by atoms with Gasteiger partial charge in [0.2, 0.25) is 5.91 Å². The molecule has 0 fully saturated rings. The van der Waals surface area contributed by atoms with E-state index < -0.39 is 11.8 Å². The van der Waals surface area contributed by atoms with Crippen molar-refractivity contribution in [3.05, 3.63) is 60.2 Å². The molecule has 0 saturated heterocycles. The lowest BCUT2D eigenvalue weighted by Gasteiger charge is -2.06. The van der Waals surface area contributed by atoms with Crippen molar-refractivity contribution < 1.29 is 14.4 Å². The van der Waals surface area contributed by atoms with Gasteiger partial charge in [-0.1, -0.05) is 30.3 Å². The molecule has 0 aliphatic rings. The molecule has 0 saturated carbocycles. The number of rotatable bonds is 4. The summed E-state index contributed by atoms with van der Waals surface area (Å²) in [6.45, 7) is 1.40. The molecule has 0 unspecified atom stereocenters. The number of benzene rings is 2. The van der Waals surface area contributed by atoms with Crippen LogP contribution in [0.4, 0.5) is 11.4 Å². The number of nitrogens with zero attached hydrogens (tertiary/aromatic N) is 1. The highest BCUT2D eigenvalue weighted by Gasteiger charge is 2.12. The lowest BCUT2D eigenvalue weighted by molar-refractivity contribution is -0.136. The summed E-state index contributed by atoms with van der Waals surface area (Å²) in [5.41, 5.74) is 3.97.